The van der Waals surface area contributed by atoms with Gasteiger partial charge in [0.25, 0.3) is 0 Å². The molecule has 4 aromatic rings. The van der Waals surface area contributed by atoms with E-state index in [4.69, 9.17) is 4.98 Å². The van der Waals surface area contributed by atoms with E-state index in [1.165, 1.54) is 23.1 Å². The summed E-state index contributed by atoms with van der Waals surface area (Å²) < 4.78 is 5.54. The third-order valence-corrected chi connectivity index (χ3v) is 8.12. The van der Waals surface area contributed by atoms with Crippen molar-refractivity contribution in [3.05, 3.63) is 69.8 Å². The topological polar surface area (TPSA) is 78.0 Å². The fraction of sp³-hybridized carbons (Fsp3) is 0.419. The highest BCUT2D eigenvalue weighted by molar-refractivity contribution is 5.99. The zero-order chi connectivity index (χ0) is 27.4. The number of aromatic nitrogens is 5. The van der Waals surface area contributed by atoms with Crippen LogP contribution in [0.4, 0.5) is 0 Å². The number of benzene rings is 1. The van der Waals surface area contributed by atoms with Crippen LogP contribution in [0.25, 0.3) is 33.3 Å². The molecule has 2 aliphatic rings. The monoisotopic (exact) mass is 524 g/mol. The number of fused-ring (bicyclic) bond motifs is 1. The number of carbonyl (C=O) groups is 1. The van der Waals surface area contributed by atoms with E-state index in [2.05, 4.69) is 53.0 Å². The molecular weight excluding hydrogens is 488 g/mol. The van der Waals surface area contributed by atoms with Gasteiger partial charge >= 0.3 is 5.69 Å². The van der Waals surface area contributed by atoms with Crippen LogP contribution in [0.5, 0.6) is 0 Å². The maximum Gasteiger partial charge on any atom is 0.350 e. The maximum atomic E-state index is 13.1. The van der Waals surface area contributed by atoms with Gasteiger partial charge in [0.15, 0.2) is 0 Å². The summed E-state index contributed by atoms with van der Waals surface area (Å²) in [6.07, 6.45) is 6.43. The standard InChI is InChI=1S/C31H36N6O2/c1-6-28-26(12-9-19(2)32-28)27-16-25(37-20(3)33-34(5)31(37)39)14-24-15-29(36(30(24)27)17-22-10-11-22)23-8-7-13-35(18-23)21(4)38/h8-9,12,14-16,22H,6-7,10-11,13,17-18H2,1-5H3. The predicted molar refractivity (Wildman–Crippen MR) is 154 cm³/mol. The molecule has 1 aliphatic carbocycles. The summed E-state index contributed by atoms with van der Waals surface area (Å²) in [7, 11) is 1.69. The van der Waals surface area contributed by atoms with Gasteiger partial charge in [-0.15, -0.1) is 0 Å². The van der Waals surface area contributed by atoms with Crippen LogP contribution in [0.3, 0.4) is 0 Å². The minimum Gasteiger partial charge on any atom is -0.340 e. The molecule has 8 heteroatoms. The molecular formula is C31H36N6O2. The van der Waals surface area contributed by atoms with Gasteiger partial charge in [-0.2, -0.15) is 5.10 Å². The SMILES string of the molecule is CCc1nc(C)ccc1-c1cc(-n2c(C)nn(C)c2=O)cc2cc(C3=CCCN(C(C)=O)C3)n(CC3CC3)c12. The molecule has 3 aromatic heterocycles. The Morgan fingerprint density at radius 2 is 1.90 bits per heavy atom. The van der Waals surface area contributed by atoms with Crippen LogP contribution in [-0.4, -0.2) is 47.8 Å². The molecule has 4 heterocycles. The van der Waals surface area contributed by atoms with Gasteiger partial charge in [0.2, 0.25) is 5.91 Å². The average molecular weight is 525 g/mol. The smallest absolute Gasteiger partial charge is 0.340 e. The number of amides is 1. The quantitative estimate of drug-likeness (QED) is 0.363. The highest BCUT2D eigenvalue weighted by Crippen LogP contribution is 2.40. The number of rotatable bonds is 6. The molecule has 1 amide bonds. The van der Waals surface area contributed by atoms with Crippen LogP contribution in [-0.2, 0) is 24.8 Å². The van der Waals surface area contributed by atoms with Gasteiger partial charge in [-0.1, -0.05) is 19.1 Å². The van der Waals surface area contributed by atoms with E-state index < -0.39 is 0 Å². The highest BCUT2D eigenvalue weighted by atomic mass is 16.2. The fourth-order valence-corrected chi connectivity index (χ4v) is 5.96. The molecule has 0 radical (unpaired) electrons. The maximum absolute atomic E-state index is 13.1. The number of aryl methyl sites for hydroxylation is 4. The Morgan fingerprint density at radius 1 is 1.10 bits per heavy atom. The van der Waals surface area contributed by atoms with Crippen LogP contribution in [0.15, 0.2) is 41.2 Å². The average Bonchev–Trinajstić information content (AvgIpc) is 3.61. The predicted octanol–water partition coefficient (Wildman–Crippen LogP) is 4.81. The van der Waals surface area contributed by atoms with Crippen molar-refractivity contribution in [3.8, 4) is 16.8 Å². The van der Waals surface area contributed by atoms with Crippen LogP contribution in [0.1, 0.15) is 56.0 Å². The summed E-state index contributed by atoms with van der Waals surface area (Å²) in [4.78, 5) is 32.2. The molecule has 39 heavy (non-hydrogen) atoms. The lowest BCUT2D eigenvalue weighted by molar-refractivity contribution is -0.128. The summed E-state index contributed by atoms with van der Waals surface area (Å²) in [5.74, 6) is 1.42. The van der Waals surface area contributed by atoms with Crippen LogP contribution in [0, 0.1) is 19.8 Å². The molecule has 0 bridgehead atoms. The van der Waals surface area contributed by atoms with E-state index in [1.807, 2.05) is 18.7 Å². The van der Waals surface area contributed by atoms with Gasteiger partial charge in [-0.05, 0) is 75.3 Å². The Labute approximate surface area is 228 Å². The van der Waals surface area contributed by atoms with Crippen molar-refractivity contribution in [1.82, 2.24) is 28.8 Å². The molecule has 1 saturated carbocycles. The summed E-state index contributed by atoms with van der Waals surface area (Å²) in [5, 5.41) is 5.47. The molecule has 0 N–H and O–H groups in total. The van der Waals surface area contributed by atoms with Gasteiger partial charge < -0.3 is 9.47 Å². The second kappa shape index (κ2) is 9.67. The molecule has 202 valence electrons. The Hall–Kier alpha value is -3.94. The summed E-state index contributed by atoms with van der Waals surface area (Å²) in [6.45, 7) is 9.99. The van der Waals surface area contributed by atoms with Gasteiger partial charge in [0.05, 0.1) is 11.2 Å². The van der Waals surface area contributed by atoms with Gasteiger partial charge in [-0.3, -0.25) is 9.78 Å². The summed E-state index contributed by atoms with van der Waals surface area (Å²) >= 11 is 0. The second-order valence-electron chi connectivity index (χ2n) is 11.1. The molecule has 6 rings (SSSR count). The molecule has 0 saturated heterocycles. The third-order valence-electron chi connectivity index (χ3n) is 8.12. The molecule has 1 fully saturated rings. The normalized spacial score (nSPS) is 15.7. The van der Waals surface area contributed by atoms with Crippen molar-refractivity contribution in [2.24, 2.45) is 13.0 Å². The number of nitrogens with zero attached hydrogens (tertiary/aromatic N) is 6. The first-order valence-corrected chi connectivity index (χ1v) is 14.0. The third kappa shape index (κ3) is 4.51. The van der Waals surface area contributed by atoms with Gasteiger partial charge in [0, 0.05) is 67.2 Å². The zero-order valence-corrected chi connectivity index (χ0v) is 23.5. The minimum absolute atomic E-state index is 0.109. The van der Waals surface area contributed by atoms with Crippen molar-refractivity contribution < 1.29 is 4.79 Å². The molecule has 1 aromatic carbocycles. The van der Waals surface area contributed by atoms with Gasteiger partial charge in [0.1, 0.15) is 5.82 Å². The largest absolute Gasteiger partial charge is 0.350 e. The molecule has 0 unspecified atom stereocenters. The highest BCUT2D eigenvalue weighted by Gasteiger charge is 2.28. The van der Waals surface area contributed by atoms with E-state index in [-0.39, 0.29) is 11.6 Å². The minimum atomic E-state index is -0.166. The molecule has 1 aliphatic heterocycles. The Kier molecular flexibility index (Phi) is 6.28. The summed E-state index contributed by atoms with van der Waals surface area (Å²) in [5.41, 5.74) is 8.36. The van der Waals surface area contributed by atoms with E-state index in [0.717, 1.165) is 70.7 Å². The molecule has 0 atom stereocenters. The van der Waals surface area contributed by atoms with Crippen molar-refractivity contribution in [3.63, 3.8) is 0 Å². The van der Waals surface area contributed by atoms with E-state index in [1.54, 1.807) is 18.5 Å². The van der Waals surface area contributed by atoms with Crippen molar-refractivity contribution >= 4 is 22.4 Å². The van der Waals surface area contributed by atoms with Crippen LogP contribution < -0.4 is 5.69 Å². The lowest BCUT2D eigenvalue weighted by Crippen LogP contribution is -2.33. The number of hydrogen-bond acceptors (Lipinski definition) is 4. The summed E-state index contributed by atoms with van der Waals surface area (Å²) in [6, 6.07) is 10.7. The Balaban J connectivity index is 1.66. The molecule has 8 nitrogen and oxygen atoms in total. The van der Waals surface area contributed by atoms with Crippen molar-refractivity contribution in [2.45, 2.75) is 59.9 Å². The first-order chi connectivity index (χ1) is 18.7. The Bertz CT molecular complexity index is 1700. The lowest BCUT2D eigenvalue weighted by Gasteiger charge is -2.27. The second-order valence-corrected chi connectivity index (χ2v) is 11.1. The van der Waals surface area contributed by atoms with Crippen LogP contribution in [0.2, 0.25) is 0 Å². The molecule has 0 spiro atoms. The fourth-order valence-electron chi connectivity index (χ4n) is 5.96. The number of pyridine rings is 1. The Morgan fingerprint density at radius 3 is 2.56 bits per heavy atom. The van der Waals surface area contributed by atoms with E-state index in [0.29, 0.717) is 18.3 Å². The lowest BCUT2D eigenvalue weighted by atomic mass is 9.98. The van der Waals surface area contributed by atoms with Crippen molar-refractivity contribution in [1.29, 1.82) is 0 Å². The van der Waals surface area contributed by atoms with E-state index >= 15 is 0 Å². The number of carbonyl (C=O) groups excluding carboxylic acids is 1. The van der Waals surface area contributed by atoms with Crippen LogP contribution >= 0.6 is 0 Å². The first-order valence-electron chi connectivity index (χ1n) is 14.0. The van der Waals surface area contributed by atoms with Gasteiger partial charge in [-0.25, -0.2) is 14.0 Å². The number of hydrogen-bond donors (Lipinski definition) is 0. The van der Waals surface area contributed by atoms with Crippen molar-refractivity contribution in [2.75, 3.05) is 13.1 Å². The van der Waals surface area contributed by atoms with E-state index in [9.17, 15) is 9.59 Å². The zero-order valence-electron chi connectivity index (χ0n) is 23.5. The first kappa shape index (κ1) is 25.3.